The molecule has 0 radical (unpaired) electrons. The minimum atomic E-state index is -0.716. The highest BCUT2D eigenvalue weighted by Gasteiger charge is 2.47. The monoisotopic (exact) mass is 398 g/mol. The third-order valence-electron chi connectivity index (χ3n) is 5.11. The first-order valence-corrected chi connectivity index (χ1v) is 9.72. The van der Waals surface area contributed by atoms with Gasteiger partial charge in [-0.25, -0.2) is 4.98 Å². The van der Waals surface area contributed by atoms with Crippen LogP contribution in [-0.4, -0.2) is 34.1 Å². The molecule has 28 heavy (non-hydrogen) atoms. The van der Waals surface area contributed by atoms with E-state index in [-0.39, 0.29) is 18.8 Å². The molecule has 5 nitrogen and oxygen atoms in total. The lowest BCUT2D eigenvalue weighted by Gasteiger charge is -2.40. The van der Waals surface area contributed by atoms with Crippen LogP contribution in [0.15, 0.2) is 42.7 Å². The Balaban J connectivity index is 1.61. The highest BCUT2D eigenvalue weighted by molar-refractivity contribution is 7.10. The van der Waals surface area contributed by atoms with E-state index in [2.05, 4.69) is 9.97 Å². The second kappa shape index (κ2) is 7.50. The molecular formula is C21H19FN2O3S. The number of halogens is 1. The van der Waals surface area contributed by atoms with Crippen molar-refractivity contribution >= 4 is 17.1 Å². The molecule has 1 aliphatic heterocycles. The maximum absolute atomic E-state index is 13.2. The standard InChI is InChI=1S/C21H19FN2O3S/c1-13-6-15(10-25)17(8-23-13)14-2-4-16(5-3-14)21(11-27-12-21)18(26)7-20-24-9-19(22)28-20/h2-6,8-9,25H,7,10-12H2,1H3. The summed E-state index contributed by atoms with van der Waals surface area (Å²) in [5, 5.41) is 9.71. The van der Waals surface area contributed by atoms with Gasteiger partial charge in [-0.15, -0.1) is 0 Å². The number of Topliss-reactive ketones (excluding diaryl/α,β-unsaturated/α-hetero) is 1. The number of ketones is 1. The third-order valence-corrected chi connectivity index (χ3v) is 5.90. The van der Waals surface area contributed by atoms with Crippen molar-refractivity contribution in [3.8, 4) is 11.1 Å². The van der Waals surface area contributed by atoms with Crippen molar-refractivity contribution in [2.45, 2.75) is 25.4 Å². The molecule has 3 aromatic rings. The minimum absolute atomic E-state index is 0.0195. The van der Waals surface area contributed by atoms with Gasteiger partial charge in [0.15, 0.2) is 10.9 Å². The van der Waals surface area contributed by atoms with Crippen molar-refractivity contribution < 1.29 is 19.0 Å². The molecule has 7 heteroatoms. The Hall–Kier alpha value is -2.48. The number of ether oxygens (including phenoxy) is 1. The Morgan fingerprint density at radius 3 is 2.57 bits per heavy atom. The van der Waals surface area contributed by atoms with Gasteiger partial charge in [-0.3, -0.25) is 9.78 Å². The van der Waals surface area contributed by atoms with Crippen LogP contribution < -0.4 is 0 Å². The van der Waals surface area contributed by atoms with Gasteiger partial charge in [-0.05, 0) is 29.7 Å². The fraction of sp³-hybridized carbons (Fsp3) is 0.286. The highest BCUT2D eigenvalue weighted by Crippen LogP contribution is 2.36. The average molecular weight is 398 g/mol. The minimum Gasteiger partial charge on any atom is -0.392 e. The molecule has 0 atom stereocenters. The highest BCUT2D eigenvalue weighted by atomic mass is 32.1. The van der Waals surface area contributed by atoms with Crippen LogP contribution in [0, 0.1) is 12.1 Å². The summed E-state index contributed by atoms with van der Waals surface area (Å²) in [6, 6.07) is 9.55. The molecule has 1 N–H and O–H groups in total. The maximum atomic E-state index is 13.2. The SMILES string of the molecule is Cc1cc(CO)c(-c2ccc(C3(C(=O)Cc4ncc(F)s4)COC3)cc2)cn1. The molecular weight excluding hydrogens is 379 g/mol. The van der Waals surface area contributed by atoms with Crippen LogP contribution in [0.2, 0.25) is 0 Å². The van der Waals surface area contributed by atoms with E-state index in [0.717, 1.165) is 45.5 Å². The second-order valence-corrected chi connectivity index (χ2v) is 8.02. The number of carbonyl (C=O) groups excluding carboxylic acids is 1. The predicted molar refractivity (Wildman–Crippen MR) is 104 cm³/mol. The lowest BCUT2D eigenvalue weighted by molar-refractivity contribution is -0.142. The van der Waals surface area contributed by atoms with E-state index in [1.807, 2.05) is 37.3 Å². The van der Waals surface area contributed by atoms with Crippen molar-refractivity contribution in [2.75, 3.05) is 13.2 Å². The van der Waals surface area contributed by atoms with Gasteiger partial charge in [-0.1, -0.05) is 35.6 Å². The van der Waals surface area contributed by atoms with Gasteiger partial charge < -0.3 is 9.84 Å². The molecule has 0 amide bonds. The number of rotatable bonds is 6. The number of benzene rings is 1. The predicted octanol–water partition coefficient (Wildman–Crippen LogP) is 3.22. The number of nitrogens with zero attached hydrogens (tertiary/aromatic N) is 2. The topological polar surface area (TPSA) is 72.3 Å². The molecule has 4 rings (SSSR count). The molecule has 0 saturated carbocycles. The van der Waals surface area contributed by atoms with Crippen LogP contribution >= 0.6 is 11.3 Å². The zero-order valence-electron chi connectivity index (χ0n) is 15.3. The molecule has 1 aromatic carbocycles. The molecule has 0 unspecified atom stereocenters. The summed E-state index contributed by atoms with van der Waals surface area (Å²) in [7, 11) is 0. The fourth-order valence-corrected chi connectivity index (χ4v) is 4.09. The summed E-state index contributed by atoms with van der Waals surface area (Å²) < 4.78 is 18.5. The van der Waals surface area contributed by atoms with E-state index < -0.39 is 10.5 Å². The van der Waals surface area contributed by atoms with E-state index in [1.54, 1.807) is 6.20 Å². The Morgan fingerprint density at radius 2 is 2.00 bits per heavy atom. The summed E-state index contributed by atoms with van der Waals surface area (Å²) in [5.74, 6) is -0.0195. The number of thiazole rings is 1. The van der Waals surface area contributed by atoms with Gasteiger partial charge in [0.2, 0.25) is 0 Å². The van der Waals surface area contributed by atoms with E-state index in [9.17, 15) is 14.3 Å². The first kappa shape index (κ1) is 18.9. The molecule has 1 fully saturated rings. The van der Waals surface area contributed by atoms with Crippen LogP contribution in [0.1, 0.15) is 21.8 Å². The van der Waals surface area contributed by atoms with E-state index in [1.165, 1.54) is 0 Å². The van der Waals surface area contributed by atoms with Crippen LogP contribution in [0.4, 0.5) is 4.39 Å². The quantitative estimate of drug-likeness (QED) is 0.690. The Kier molecular flexibility index (Phi) is 5.05. The number of aliphatic hydroxyl groups excluding tert-OH is 1. The summed E-state index contributed by atoms with van der Waals surface area (Å²) >= 11 is 0.897. The largest absolute Gasteiger partial charge is 0.392 e. The maximum Gasteiger partial charge on any atom is 0.196 e. The smallest absolute Gasteiger partial charge is 0.196 e. The Bertz CT molecular complexity index is 1010. The lowest BCUT2D eigenvalue weighted by Crippen LogP contribution is -2.53. The second-order valence-electron chi connectivity index (χ2n) is 6.95. The van der Waals surface area contributed by atoms with Crippen molar-refractivity contribution in [1.82, 2.24) is 9.97 Å². The number of hydrogen-bond acceptors (Lipinski definition) is 6. The number of aliphatic hydroxyl groups is 1. The summed E-state index contributed by atoms with van der Waals surface area (Å²) in [4.78, 5) is 21.2. The average Bonchev–Trinajstić information content (AvgIpc) is 3.06. The van der Waals surface area contributed by atoms with Crippen molar-refractivity contribution in [2.24, 2.45) is 0 Å². The number of hydrogen-bond donors (Lipinski definition) is 1. The molecule has 0 bridgehead atoms. The molecule has 2 aromatic heterocycles. The van der Waals surface area contributed by atoms with E-state index in [0.29, 0.717) is 18.2 Å². The normalized spacial score (nSPS) is 15.2. The number of aryl methyl sites for hydroxylation is 1. The fourth-order valence-electron chi connectivity index (χ4n) is 3.45. The summed E-state index contributed by atoms with van der Waals surface area (Å²) in [6.07, 6.45) is 2.98. The van der Waals surface area contributed by atoms with Crippen LogP contribution in [0.25, 0.3) is 11.1 Å². The molecule has 0 spiro atoms. The van der Waals surface area contributed by atoms with Crippen molar-refractivity contribution in [3.63, 3.8) is 0 Å². The molecule has 0 aliphatic carbocycles. The van der Waals surface area contributed by atoms with Crippen LogP contribution in [-0.2, 0) is 28.0 Å². The van der Waals surface area contributed by atoms with Gasteiger partial charge in [0, 0.05) is 17.5 Å². The number of carbonyl (C=O) groups is 1. The number of pyridine rings is 1. The van der Waals surface area contributed by atoms with Crippen molar-refractivity contribution in [1.29, 1.82) is 0 Å². The van der Waals surface area contributed by atoms with Gasteiger partial charge in [-0.2, -0.15) is 4.39 Å². The van der Waals surface area contributed by atoms with Gasteiger partial charge in [0.25, 0.3) is 0 Å². The van der Waals surface area contributed by atoms with Gasteiger partial charge in [0.05, 0.1) is 32.4 Å². The molecule has 1 saturated heterocycles. The molecule has 1 aliphatic rings. The van der Waals surface area contributed by atoms with Crippen molar-refractivity contribution in [3.05, 3.63) is 69.7 Å². The zero-order chi connectivity index (χ0) is 19.7. The Labute approximate surface area is 165 Å². The van der Waals surface area contributed by atoms with Gasteiger partial charge >= 0.3 is 0 Å². The first-order valence-electron chi connectivity index (χ1n) is 8.90. The summed E-state index contributed by atoms with van der Waals surface area (Å²) in [5.41, 5.74) is 3.60. The van der Waals surface area contributed by atoms with E-state index in [4.69, 9.17) is 4.74 Å². The summed E-state index contributed by atoms with van der Waals surface area (Å²) in [6.45, 7) is 2.44. The van der Waals surface area contributed by atoms with Crippen LogP contribution in [0.3, 0.4) is 0 Å². The third kappa shape index (κ3) is 3.37. The first-order chi connectivity index (χ1) is 13.5. The Morgan fingerprint density at radius 1 is 1.25 bits per heavy atom. The van der Waals surface area contributed by atoms with Gasteiger partial charge in [0.1, 0.15) is 10.4 Å². The zero-order valence-corrected chi connectivity index (χ0v) is 16.1. The lowest BCUT2D eigenvalue weighted by atomic mass is 9.73. The van der Waals surface area contributed by atoms with Crippen LogP contribution in [0.5, 0.6) is 0 Å². The molecule has 3 heterocycles. The number of aromatic nitrogens is 2. The molecule has 144 valence electrons. The van der Waals surface area contributed by atoms with E-state index >= 15 is 0 Å².